The SMILES string of the molecule is CCCOC(=O)C1C2C=CC3(CN(C(C)c4ccc(Br)cc4)C(=O)C13)O2. The van der Waals surface area contributed by atoms with Crippen LogP contribution in [0.15, 0.2) is 40.9 Å². The summed E-state index contributed by atoms with van der Waals surface area (Å²) in [5, 5.41) is 0. The first kappa shape index (κ1) is 17.7. The fourth-order valence-electron chi connectivity index (χ4n) is 4.35. The quantitative estimate of drug-likeness (QED) is 0.542. The second kappa shape index (κ2) is 6.50. The third kappa shape index (κ3) is 2.62. The van der Waals surface area contributed by atoms with E-state index in [2.05, 4.69) is 15.9 Å². The van der Waals surface area contributed by atoms with Crippen molar-refractivity contribution in [3.05, 3.63) is 46.5 Å². The van der Waals surface area contributed by atoms with Gasteiger partial charge in [0.25, 0.3) is 0 Å². The molecule has 3 heterocycles. The Kier molecular flexibility index (Phi) is 4.43. The number of ether oxygens (including phenoxy) is 2. The molecular weight excluding hydrogens is 398 g/mol. The van der Waals surface area contributed by atoms with E-state index in [9.17, 15) is 9.59 Å². The van der Waals surface area contributed by atoms with Crippen molar-refractivity contribution in [2.75, 3.05) is 13.2 Å². The predicted octanol–water partition coefficient (Wildman–Crippen LogP) is 3.25. The van der Waals surface area contributed by atoms with Gasteiger partial charge in [0.15, 0.2) is 0 Å². The van der Waals surface area contributed by atoms with E-state index in [4.69, 9.17) is 9.47 Å². The zero-order valence-electron chi connectivity index (χ0n) is 14.9. The molecule has 6 heteroatoms. The van der Waals surface area contributed by atoms with Crippen molar-refractivity contribution < 1.29 is 19.1 Å². The number of hydrogen-bond donors (Lipinski definition) is 0. The fraction of sp³-hybridized carbons (Fsp3) is 0.500. The van der Waals surface area contributed by atoms with E-state index in [1.165, 1.54) is 0 Å². The topological polar surface area (TPSA) is 55.8 Å². The molecule has 2 fully saturated rings. The van der Waals surface area contributed by atoms with Crippen LogP contribution in [0.2, 0.25) is 0 Å². The Morgan fingerprint density at radius 2 is 2.15 bits per heavy atom. The van der Waals surface area contributed by atoms with Gasteiger partial charge in [-0.15, -0.1) is 0 Å². The van der Waals surface area contributed by atoms with Crippen LogP contribution < -0.4 is 0 Å². The van der Waals surface area contributed by atoms with Crippen LogP contribution in [0.25, 0.3) is 0 Å². The second-order valence-corrected chi connectivity index (χ2v) is 8.18. The monoisotopic (exact) mass is 419 g/mol. The van der Waals surface area contributed by atoms with Crippen LogP contribution in [0.1, 0.15) is 31.9 Å². The highest BCUT2D eigenvalue weighted by Crippen LogP contribution is 2.53. The number of amides is 1. The van der Waals surface area contributed by atoms with Gasteiger partial charge in [-0.05, 0) is 31.0 Å². The standard InChI is InChI=1S/C20H22BrNO4/c1-3-10-25-19(24)16-15-8-9-20(26-15)11-22(18(23)17(16)20)12(2)13-4-6-14(21)7-5-13/h4-9,12,15-17H,3,10-11H2,1-2H3. The summed E-state index contributed by atoms with van der Waals surface area (Å²) in [5.74, 6) is -1.37. The highest BCUT2D eigenvalue weighted by molar-refractivity contribution is 9.10. The van der Waals surface area contributed by atoms with E-state index in [1.807, 2.05) is 55.2 Å². The minimum atomic E-state index is -0.693. The Hall–Kier alpha value is -1.66. The Balaban J connectivity index is 1.59. The van der Waals surface area contributed by atoms with Gasteiger partial charge in [-0.3, -0.25) is 9.59 Å². The molecule has 2 saturated heterocycles. The lowest BCUT2D eigenvalue weighted by molar-refractivity contribution is -0.154. The molecule has 1 spiro atoms. The molecule has 5 nitrogen and oxygen atoms in total. The smallest absolute Gasteiger partial charge is 0.312 e. The third-order valence-electron chi connectivity index (χ3n) is 5.67. The number of carbonyl (C=O) groups is 2. The van der Waals surface area contributed by atoms with Gasteiger partial charge in [0.1, 0.15) is 11.5 Å². The van der Waals surface area contributed by atoms with E-state index in [-0.39, 0.29) is 24.0 Å². The van der Waals surface area contributed by atoms with Crippen molar-refractivity contribution in [2.45, 2.75) is 38.0 Å². The zero-order chi connectivity index (χ0) is 18.5. The highest BCUT2D eigenvalue weighted by Gasteiger charge is 2.67. The van der Waals surface area contributed by atoms with Crippen LogP contribution in [0.3, 0.4) is 0 Å². The highest BCUT2D eigenvalue weighted by atomic mass is 79.9. The summed E-state index contributed by atoms with van der Waals surface area (Å²) in [6.45, 7) is 4.81. The van der Waals surface area contributed by atoms with E-state index < -0.39 is 17.4 Å². The molecule has 0 N–H and O–H groups in total. The van der Waals surface area contributed by atoms with E-state index >= 15 is 0 Å². The van der Waals surface area contributed by atoms with Gasteiger partial charge in [-0.25, -0.2) is 0 Å². The first-order chi connectivity index (χ1) is 12.5. The Bertz CT molecular complexity index is 762. The summed E-state index contributed by atoms with van der Waals surface area (Å²) in [6, 6.07) is 7.87. The number of fused-ring (bicyclic) bond motifs is 1. The Morgan fingerprint density at radius 3 is 2.85 bits per heavy atom. The molecule has 0 aromatic heterocycles. The number of rotatable bonds is 5. The molecule has 1 aromatic carbocycles. The van der Waals surface area contributed by atoms with Crippen LogP contribution in [0, 0.1) is 11.8 Å². The average Bonchev–Trinajstić information content (AvgIpc) is 3.28. The van der Waals surface area contributed by atoms with Gasteiger partial charge < -0.3 is 14.4 Å². The molecule has 26 heavy (non-hydrogen) atoms. The van der Waals surface area contributed by atoms with Gasteiger partial charge >= 0.3 is 5.97 Å². The number of hydrogen-bond acceptors (Lipinski definition) is 4. The van der Waals surface area contributed by atoms with Crippen molar-refractivity contribution in [3.63, 3.8) is 0 Å². The molecule has 2 bridgehead atoms. The van der Waals surface area contributed by atoms with Crippen LogP contribution in [0.4, 0.5) is 0 Å². The fourth-order valence-corrected chi connectivity index (χ4v) is 4.61. The van der Waals surface area contributed by atoms with Gasteiger partial charge in [0.2, 0.25) is 5.91 Å². The maximum Gasteiger partial charge on any atom is 0.312 e. The summed E-state index contributed by atoms with van der Waals surface area (Å²) in [4.78, 5) is 27.6. The summed E-state index contributed by atoms with van der Waals surface area (Å²) < 4.78 is 12.5. The molecule has 4 rings (SSSR count). The first-order valence-electron chi connectivity index (χ1n) is 9.06. The van der Waals surface area contributed by atoms with Crippen molar-refractivity contribution in [3.8, 4) is 0 Å². The summed E-state index contributed by atoms with van der Waals surface area (Å²) in [7, 11) is 0. The molecule has 138 valence electrons. The van der Waals surface area contributed by atoms with Crippen molar-refractivity contribution >= 4 is 27.8 Å². The molecular formula is C20H22BrNO4. The van der Waals surface area contributed by atoms with Crippen LogP contribution in [-0.4, -0.2) is 41.6 Å². The third-order valence-corrected chi connectivity index (χ3v) is 6.20. The molecule has 3 aliphatic rings. The van der Waals surface area contributed by atoms with Gasteiger partial charge in [-0.2, -0.15) is 0 Å². The average molecular weight is 420 g/mol. The first-order valence-corrected chi connectivity index (χ1v) is 9.86. The molecule has 1 amide bonds. The maximum absolute atomic E-state index is 13.2. The minimum absolute atomic E-state index is 0.0225. The van der Waals surface area contributed by atoms with E-state index in [0.29, 0.717) is 13.2 Å². The zero-order valence-corrected chi connectivity index (χ0v) is 16.4. The number of halogens is 1. The number of carbonyl (C=O) groups excluding carboxylic acids is 2. The molecule has 0 radical (unpaired) electrons. The van der Waals surface area contributed by atoms with Crippen molar-refractivity contribution in [1.82, 2.24) is 4.90 Å². The molecule has 1 aromatic rings. The van der Waals surface area contributed by atoms with Crippen LogP contribution in [0.5, 0.6) is 0 Å². The lowest BCUT2D eigenvalue weighted by Gasteiger charge is -2.27. The normalized spacial score (nSPS) is 32.8. The van der Waals surface area contributed by atoms with Gasteiger partial charge in [-0.1, -0.05) is 47.1 Å². The lowest BCUT2D eigenvalue weighted by atomic mass is 9.77. The Morgan fingerprint density at radius 1 is 1.42 bits per heavy atom. The number of benzene rings is 1. The van der Waals surface area contributed by atoms with Crippen LogP contribution in [-0.2, 0) is 19.1 Å². The predicted molar refractivity (Wildman–Crippen MR) is 99.2 cm³/mol. The van der Waals surface area contributed by atoms with Gasteiger partial charge in [0, 0.05) is 4.47 Å². The van der Waals surface area contributed by atoms with Crippen molar-refractivity contribution in [2.24, 2.45) is 11.8 Å². The maximum atomic E-state index is 13.2. The number of esters is 1. The lowest BCUT2D eigenvalue weighted by Crippen LogP contribution is -2.40. The number of nitrogens with zero attached hydrogens (tertiary/aromatic N) is 1. The summed E-state index contributed by atoms with van der Waals surface area (Å²) in [6.07, 6.45) is 4.29. The summed E-state index contributed by atoms with van der Waals surface area (Å²) in [5.41, 5.74) is 0.364. The van der Waals surface area contributed by atoms with Gasteiger partial charge in [0.05, 0.1) is 31.2 Å². The van der Waals surface area contributed by atoms with E-state index in [1.54, 1.807) is 0 Å². The molecule has 0 saturated carbocycles. The molecule has 5 atom stereocenters. The van der Waals surface area contributed by atoms with E-state index in [0.717, 1.165) is 16.5 Å². The number of likely N-dealkylation sites (tertiary alicyclic amines) is 1. The minimum Gasteiger partial charge on any atom is -0.465 e. The van der Waals surface area contributed by atoms with Crippen molar-refractivity contribution in [1.29, 1.82) is 0 Å². The Labute approximate surface area is 161 Å². The summed E-state index contributed by atoms with van der Waals surface area (Å²) >= 11 is 3.44. The molecule has 3 aliphatic heterocycles. The van der Waals surface area contributed by atoms with Crippen LogP contribution >= 0.6 is 15.9 Å². The second-order valence-electron chi connectivity index (χ2n) is 7.26. The molecule has 5 unspecified atom stereocenters. The molecule has 0 aliphatic carbocycles. The largest absolute Gasteiger partial charge is 0.465 e.